The van der Waals surface area contributed by atoms with Gasteiger partial charge in [-0.25, -0.2) is 4.98 Å². The van der Waals surface area contributed by atoms with Gasteiger partial charge in [-0.05, 0) is 50.4 Å². The van der Waals surface area contributed by atoms with Crippen LogP contribution in [0.1, 0.15) is 42.9 Å². The summed E-state index contributed by atoms with van der Waals surface area (Å²) in [5.41, 5.74) is 2.83. The first-order chi connectivity index (χ1) is 8.83. The van der Waals surface area contributed by atoms with Crippen LogP contribution in [-0.2, 0) is 19.5 Å². The molecule has 1 aromatic rings. The van der Waals surface area contributed by atoms with Crippen molar-refractivity contribution < 1.29 is 0 Å². The first-order valence-electron chi connectivity index (χ1n) is 7.58. The lowest BCUT2D eigenvalue weighted by Gasteiger charge is -2.21. The number of aromatic nitrogens is 2. The number of aryl methyl sites for hydroxylation is 1. The molecule has 18 heavy (non-hydrogen) atoms. The van der Waals surface area contributed by atoms with Crippen molar-refractivity contribution in [3.8, 4) is 0 Å². The van der Waals surface area contributed by atoms with Crippen LogP contribution < -0.4 is 5.32 Å². The highest BCUT2D eigenvalue weighted by Gasteiger charge is 2.41. The van der Waals surface area contributed by atoms with Crippen LogP contribution in [0.4, 0.5) is 0 Å². The van der Waals surface area contributed by atoms with Crippen LogP contribution in [0.3, 0.4) is 0 Å². The largest absolute Gasteiger partial charge is 0.332 e. The summed E-state index contributed by atoms with van der Waals surface area (Å²) in [5.74, 6) is 4.28. The van der Waals surface area contributed by atoms with Crippen LogP contribution in [0, 0.1) is 24.7 Å². The molecular formula is C15H23N3. The average molecular weight is 245 g/mol. The third-order valence-electron chi connectivity index (χ3n) is 5.03. The fourth-order valence-electron chi connectivity index (χ4n) is 3.69. The molecule has 1 aliphatic heterocycles. The molecule has 0 amide bonds. The van der Waals surface area contributed by atoms with Crippen LogP contribution in [0.5, 0.6) is 0 Å². The van der Waals surface area contributed by atoms with Crippen molar-refractivity contribution in [1.29, 1.82) is 0 Å². The van der Waals surface area contributed by atoms with Crippen LogP contribution >= 0.6 is 0 Å². The van der Waals surface area contributed by atoms with E-state index in [-0.39, 0.29) is 0 Å². The van der Waals surface area contributed by atoms with Gasteiger partial charge >= 0.3 is 0 Å². The summed E-state index contributed by atoms with van der Waals surface area (Å²) in [7, 11) is 0. The Morgan fingerprint density at radius 3 is 2.67 bits per heavy atom. The summed E-state index contributed by atoms with van der Waals surface area (Å²) in [4.78, 5) is 4.76. The molecule has 0 unspecified atom stereocenters. The summed E-state index contributed by atoms with van der Waals surface area (Å²) in [5, 5.41) is 3.43. The van der Waals surface area contributed by atoms with E-state index in [2.05, 4.69) is 16.8 Å². The third kappa shape index (κ3) is 1.89. The van der Waals surface area contributed by atoms with Gasteiger partial charge in [0, 0.05) is 31.7 Å². The Morgan fingerprint density at radius 1 is 1.28 bits per heavy atom. The molecule has 0 bridgehead atoms. The van der Waals surface area contributed by atoms with Crippen molar-refractivity contribution in [2.45, 2.75) is 52.1 Å². The van der Waals surface area contributed by atoms with Gasteiger partial charge in [-0.15, -0.1) is 0 Å². The molecule has 2 heterocycles. The highest BCUT2D eigenvalue weighted by molar-refractivity contribution is 5.20. The predicted molar refractivity (Wildman–Crippen MR) is 71.3 cm³/mol. The van der Waals surface area contributed by atoms with Gasteiger partial charge in [-0.3, -0.25) is 0 Å². The molecule has 98 valence electrons. The number of nitrogens with zero attached hydrogens (tertiary/aromatic N) is 2. The molecule has 3 nitrogen and oxygen atoms in total. The zero-order valence-electron chi connectivity index (χ0n) is 11.3. The quantitative estimate of drug-likeness (QED) is 0.882. The standard InChI is InChI=1S/C15H23N3/c1-10-17-14-8-16-7-6-15(14)18(10)9-13(11-2-3-11)12-4-5-12/h11-13,16H,2-9H2,1H3. The number of rotatable bonds is 4. The van der Waals surface area contributed by atoms with Crippen molar-refractivity contribution in [2.24, 2.45) is 17.8 Å². The maximum Gasteiger partial charge on any atom is 0.106 e. The molecular weight excluding hydrogens is 222 g/mol. The minimum Gasteiger partial charge on any atom is -0.332 e. The van der Waals surface area contributed by atoms with Crippen molar-refractivity contribution in [3.05, 3.63) is 17.2 Å². The van der Waals surface area contributed by atoms with E-state index in [1.165, 1.54) is 49.4 Å². The van der Waals surface area contributed by atoms with Crippen LogP contribution in [0.25, 0.3) is 0 Å². The fraction of sp³-hybridized carbons (Fsp3) is 0.800. The second-order valence-electron chi connectivity index (χ2n) is 6.43. The van der Waals surface area contributed by atoms with Gasteiger partial charge in [0.15, 0.2) is 0 Å². The Balaban J connectivity index is 1.61. The maximum atomic E-state index is 4.76. The van der Waals surface area contributed by atoms with E-state index in [0.29, 0.717) is 0 Å². The summed E-state index contributed by atoms with van der Waals surface area (Å²) < 4.78 is 2.55. The smallest absolute Gasteiger partial charge is 0.106 e. The Hall–Kier alpha value is -0.830. The molecule has 2 aliphatic carbocycles. The Morgan fingerprint density at radius 2 is 2.00 bits per heavy atom. The van der Waals surface area contributed by atoms with Crippen molar-refractivity contribution in [3.63, 3.8) is 0 Å². The van der Waals surface area contributed by atoms with Gasteiger partial charge in [0.25, 0.3) is 0 Å². The van der Waals surface area contributed by atoms with Gasteiger partial charge in [-0.2, -0.15) is 0 Å². The Kier molecular flexibility index (Phi) is 2.51. The molecule has 4 rings (SSSR count). The lowest BCUT2D eigenvalue weighted by Crippen LogP contribution is -2.26. The summed E-state index contributed by atoms with van der Waals surface area (Å²) in [6.07, 6.45) is 7.10. The van der Waals surface area contributed by atoms with Crippen LogP contribution in [0.15, 0.2) is 0 Å². The predicted octanol–water partition coefficient (Wildman–Crippen LogP) is 2.27. The normalized spacial score (nSPS) is 23.4. The third-order valence-corrected chi connectivity index (χ3v) is 5.03. The topological polar surface area (TPSA) is 29.9 Å². The molecule has 0 aromatic carbocycles. The molecule has 1 aromatic heterocycles. The number of imidazole rings is 1. The van der Waals surface area contributed by atoms with Gasteiger partial charge in [0.2, 0.25) is 0 Å². The highest BCUT2D eigenvalue weighted by atomic mass is 15.1. The Bertz CT molecular complexity index is 443. The molecule has 0 atom stereocenters. The molecule has 2 saturated carbocycles. The lowest BCUT2D eigenvalue weighted by atomic mass is 9.97. The molecule has 2 fully saturated rings. The summed E-state index contributed by atoms with van der Waals surface area (Å²) in [6, 6.07) is 0. The minimum absolute atomic E-state index is 0.955. The van der Waals surface area contributed by atoms with E-state index in [1.54, 1.807) is 0 Å². The van der Waals surface area contributed by atoms with Crippen LogP contribution in [0.2, 0.25) is 0 Å². The maximum absolute atomic E-state index is 4.76. The summed E-state index contributed by atoms with van der Waals surface area (Å²) in [6.45, 7) is 5.54. The minimum atomic E-state index is 0.955. The fourth-order valence-corrected chi connectivity index (χ4v) is 3.69. The lowest BCUT2D eigenvalue weighted by molar-refractivity contribution is 0.340. The van der Waals surface area contributed by atoms with Crippen molar-refractivity contribution in [2.75, 3.05) is 6.54 Å². The molecule has 0 radical (unpaired) electrons. The van der Waals surface area contributed by atoms with E-state index in [4.69, 9.17) is 4.98 Å². The number of nitrogens with one attached hydrogen (secondary N) is 1. The van der Waals surface area contributed by atoms with Gasteiger partial charge in [0.05, 0.1) is 5.69 Å². The first-order valence-corrected chi connectivity index (χ1v) is 7.58. The highest BCUT2D eigenvalue weighted by Crippen LogP contribution is 2.50. The van der Waals surface area contributed by atoms with Gasteiger partial charge < -0.3 is 9.88 Å². The van der Waals surface area contributed by atoms with E-state index in [1.807, 2.05) is 0 Å². The first kappa shape index (κ1) is 11.0. The molecule has 0 saturated heterocycles. The zero-order chi connectivity index (χ0) is 12.1. The number of hydrogen-bond donors (Lipinski definition) is 1. The van der Waals surface area contributed by atoms with Gasteiger partial charge in [0.1, 0.15) is 5.82 Å². The SMILES string of the molecule is Cc1nc2c(n1CC(C1CC1)C1CC1)CCNC2. The van der Waals surface area contributed by atoms with Crippen molar-refractivity contribution in [1.82, 2.24) is 14.9 Å². The molecule has 1 N–H and O–H groups in total. The number of hydrogen-bond acceptors (Lipinski definition) is 2. The van der Waals surface area contributed by atoms with E-state index in [9.17, 15) is 0 Å². The van der Waals surface area contributed by atoms with Crippen molar-refractivity contribution >= 4 is 0 Å². The van der Waals surface area contributed by atoms with E-state index >= 15 is 0 Å². The van der Waals surface area contributed by atoms with Crippen LogP contribution in [-0.4, -0.2) is 16.1 Å². The van der Waals surface area contributed by atoms with Gasteiger partial charge in [-0.1, -0.05) is 0 Å². The monoisotopic (exact) mass is 245 g/mol. The second-order valence-corrected chi connectivity index (χ2v) is 6.43. The van der Waals surface area contributed by atoms with E-state index in [0.717, 1.165) is 37.3 Å². The number of fused-ring (bicyclic) bond motifs is 1. The molecule has 3 aliphatic rings. The summed E-state index contributed by atoms with van der Waals surface area (Å²) >= 11 is 0. The Labute approximate surface area is 109 Å². The van der Waals surface area contributed by atoms with E-state index < -0.39 is 0 Å². The molecule has 3 heteroatoms. The second kappa shape index (κ2) is 4.09. The zero-order valence-corrected chi connectivity index (χ0v) is 11.3. The average Bonchev–Trinajstić information content (AvgIpc) is 3.25. The molecule has 0 spiro atoms.